The molecule has 5 heteroatoms. The van der Waals surface area contributed by atoms with Gasteiger partial charge in [0, 0.05) is 12.7 Å². The summed E-state index contributed by atoms with van der Waals surface area (Å²) in [7, 11) is 1.58. The smallest absolute Gasteiger partial charge is 0.313 e. The lowest BCUT2D eigenvalue weighted by molar-refractivity contribution is -0.143. The molecule has 0 saturated carbocycles. The average Bonchev–Trinajstić information content (AvgIpc) is 2.56. The van der Waals surface area contributed by atoms with E-state index in [1.165, 1.54) is 23.1 Å². The third kappa shape index (κ3) is 3.94. The fourth-order valence-corrected chi connectivity index (χ4v) is 2.23. The van der Waals surface area contributed by atoms with Crippen LogP contribution in [0, 0.1) is 12.7 Å². The zero-order chi connectivity index (χ0) is 17.0. The van der Waals surface area contributed by atoms with Gasteiger partial charge in [-0.1, -0.05) is 30.3 Å². The second kappa shape index (κ2) is 7.05. The van der Waals surface area contributed by atoms with Gasteiger partial charge in [-0.2, -0.15) is 0 Å². The van der Waals surface area contributed by atoms with Crippen LogP contribution in [0.3, 0.4) is 0 Å². The predicted molar refractivity (Wildman–Crippen MR) is 87.4 cm³/mol. The van der Waals surface area contributed by atoms with Gasteiger partial charge in [-0.25, -0.2) is 4.39 Å². The van der Waals surface area contributed by atoms with Crippen molar-refractivity contribution in [3.8, 4) is 0 Å². The highest BCUT2D eigenvalue weighted by Crippen LogP contribution is 2.19. The molecule has 1 atom stereocenters. The predicted octanol–water partition coefficient (Wildman–Crippen LogP) is 3.29. The van der Waals surface area contributed by atoms with Crippen molar-refractivity contribution in [1.29, 1.82) is 0 Å². The number of carbonyl (C=O) groups excluding carboxylic acids is 2. The molecular weight excluding hydrogens is 295 g/mol. The third-order valence-electron chi connectivity index (χ3n) is 3.81. The van der Waals surface area contributed by atoms with E-state index in [2.05, 4.69) is 5.32 Å². The monoisotopic (exact) mass is 314 g/mol. The summed E-state index contributed by atoms with van der Waals surface area (Å²) in [6, 6.07) is 13.2. The Kier molecular flexibility index (Phi) is 5.11. The molecular formula is C18H19FN2O2. The number of amides is 2. The number of nitrogens with zero attached hydrogens (tertiary/aromatic N) is 1. The van der Waals surface area contributed by atoms with Crippen LogP contribution in [0.15, 0.2) is 48.5 Å². The van der Waals surface area contributed by atoms with E-state index in [1.807, 2.05) is 37.3 Å². The summed E-state index contributed by atoms with van der Waals surface area (Å²) < 4.78 is 13.1. The highest BCUT2D eigenvalue weighted by molar-refractivity contribution is 6.39. The lowest BCUT2D eigenvalue weighted by atomic mass is 10.1. The summed E-state index contributed by atoms with van der Waals surface area (Å²) in [6.07, 6.45) is 0. The van der Waals surface area contributed by atoms with Crippen molar-refractivity contribution in [2.45, 2.75) is 19.9 Å². The van der Waals surface area contributed by atoms with E-state index in [4.69, 9.17) is 0 Å². The van der Waals surface area contributed by atoms with E-state index >= 15 is 0 Å². The number of benzene rings is 2. The summed E-state index contributed by atoms with van der Waals surface area (Å²) in [5.74, 6) is -1.78. The highest BCUT2D eigenvalue weighted by Gasteiger charge is 2.24. The number of hydrogen-bond donors (Lipinski definition) is 1. The molecule has 23 heavy (non-hydrogen) atoms. The van der Waals surface area contributed by atoms with Gasteiger partial charge in [-0.15, -0.1) is 0 Å². The minimum absolute atomic E-state index is 0.233. The summed E-state index contributed by atoms with van der Waals surface area (Å²) in [5, 5.41) is 2.53. The minimum Gasteiger partial charge on any atom is -0.331 e. The van der Waals surface area contributed by atoms with E-state index < -0.39 is 11.8 Å². The van der Waals surface area contributed by atoms with E-state index in [-0.39, 0.29) is 11.9 Å². The Morgan fingerprint density at radius 3 is 2.39 bits per heavy atom. The normalized spacial score (nSPS) is 11.7. The molecule has 120 valence electrons. The first-order valence-corrected chi connectivity index (χ1v) is 7.29. The lowest BCUT2D eigenvalue weighted by Gasteiger charge is -2.24. The van der Waals surface area contributed by atoms with Gasteiger partial charge in [-0.3, -0.25) is 9.59 Å². The Morgan fingerprint density at radius 1 is 1.13 bits per heavy atom. The van der Waals surface area contributed by atoms with Crippen molar-refractivity contribution in [2.75, 3.05) is 12.4 Å². The Bertz CT molecular complexity index is 716. The van der Waals surface area contributed by atoms with Gasteiger partial charge < -0.3 is 10.2 Å². The van der Waals surface area contributed by atoms with Crippen LogP contribution >= 0.6 is 0 Å². The van der Waals surface area contributed by atoms with Crippen LogP contribution in [0.4, 0.5) is 10.1 Å². The summed E-state index contributed by atoms with van der Waals surface area (Å²) >= 11 is 0. The maximum atomic E-state index is 13.1. The standard InChI is InChI=1S/C18H19FN2O2/c1-12-11-15(19)9-10-16(12)20-17(22)18(23)21(3)13(2)14-7-5-4-6-8-14/h4-11,13H,1-3H3,(H,20,22). The van der Waals surface area contributed by atoms with Crippen molar-refractivity contribution < 1.29 is 14.0 Å². The fraction of sp³-hybridized carbons (Fsp3) is 0.222. The van der Waals surface area contributed by atoms with Crippen LogP contribution in [0.5, 0.6) is 0 Å². The van der Waals surface area contributed by atoms with Crippen molar-refractivity contribution in [1.82, 2.24) is 4.90 Å². The summed E-state index contributed by atoms with van der Waals surface area (Å²) in [6.45, 7) is 3.52. The molecule has 0 saturated heterocycles. The minimum atomic E-state index is -0.745. The highest BCUT2D eigenvalue weighted by atomic mass is 19.1. The lowest BCUT2D eigenvalue weighted by Crippen LogP contribution is -2.38. The second-order valence-corrected chi connectivity index (χ2v) is 5.42. The third-order valence-corrected chi connectivity index (χ3v) is 3.81. The van der Waals surface area contributed by atoms with Gasteiger partial charge in [0.2, 0.25) is 0 Å². The molecule has 0 radical (unpaired) electrons. The molecule has 0 aliphatic rings. The van der Waals surface area contributed by atoms with Gasteiger partial charge in [0.05, 0.1) is 6.04 Å². The Labute approximate surface area is 134 Å². The molecule has 2 rings (SSSR count). The van der Waals surface area contributed by atoms with Gasteiger partial charge in [0.1, 0.15) is 5.82 Å². The van der Waals surface area contributed by atoms with Crippen LogP contribution in [-0.4, -0.2) is 23.8 Å². The molecule has 0 aliphatic heterocycles. The van der Waals surface area contributed by atoms with Crippen LogP contribution < -0.4 is 5.32 Å². The first-order chi connectivity index (χ1) is 10.9. The molecule has 0 heterocycles. The summed E-state index contributed by atoms with van der Waals surface area (Å²) in [5.41, 5.74) is 1.92. The van der Waals surface area contributed by atoms with E-state index in [1.54, 1.807) is 14.0 Å². The fourth-order valence-electron chi connectivity index (χ4n) is 2.23. The van der Waals surface area contributed by atoms with E-state index in [0.29, 0.717) is 11.3 Å². The number of hydrogen-bond acceptors (Lipinski definition) is 2. The molecule has 0 spiro atoms. The molecule has 2 aromatic rings. The molecule has 0 aromatic heterocycles. The Morgan fingerprint density at radius 2 is 1.78 bits per heavy atom. The largest absolute Gasteiger partial charge is 0.331 e. The van der Waals surface area contributed by atoms with Crippen molar-refractivity contribution in [3.05, 3.63) is 65.5 Å². The van der Waals surface area contributed by atoms with Crippen LogP contribution in [-0.2, 0) is 9.59 Å². The number of rotatable bonds is 3. The summed E-state index contributed by atoms with van der Waals surface area (Å²) in [4.78, 5) is 25.8. The number of halogens is 1. The number of aryl methyl sites for hydroxylation is 1. The first kappa shape index (κ1) is 16.7. The maximum absolute atomic E-state index is 13.1. The van der Waals surface area contributed by atoms with Gasteiger partial charge in [-0.05, 0) is 43.2 Å². The van der Waals surface area contributed by atoms with E-state index in [9.17, 15) is 14.0 Å². The maximum Gasteiger partial charge on any atom is 0.313 e. The number of carbonyl (C=O) groups is 2. The molecule has 0 bridgehead atoms. The SMILES string of the molecule is Cc1cc(F)ccc1NC(=O)C(=O)N(C)C(C)c1ccccc1. The molecule has 2 amide bonds. The van der Waals surface area contributed by atoms with Crippen molar-refractivity contribution >= 4 is 17.5 Å². The van der Waals surface area contributed by atoms with Gasteiger partial charge in [0.25, 0.3) is 0 Å². The number of nitrogens with one attached hydrogen (secondary N) is 1. The van der Waals surface area contributed by atoms with Gasteiger partial charge >= 0.3 is 11.8 Å². The molecule has 1 unspecified atom stereocenters. The van der Waals surface area contributed by atoms with E-state index in [0.717, 1.165) is 5.56 Å². The Hall–Kier alpha value is -2.69. The van der Waals surface area contributed by atoms with Crippen LogP contribution in [0.2, 0.25) is 0 Å². The van der Waals surface area contributed by atoms with Crippen molar-refractivity contribution in [2.24, 2.45) is 0 Å². The van der Waals surface area contributed by atoms with Gasteiger partial charge in [0.15, 0.2) is 0 Å². The Balaban J connectivity index is 2.08. The molecule has 1 N–H and O–H groups in total. The van der Waals surface area contributed by atoms with Crippen molar-refractivity contribution in [3.63, 3.8) is 0 Å². The van der Waals surface area contributed by atoms with Crippen LogP contribution in [0.25, 0.3) is 0 Å². The second-order valence-electron chi connectivity index (χ2n) is 5.42. The molecule has 2 aromatic carbocycles. The van der Waals surface area contributed by atoms with Crippen LogP contribution in [0.1, 0.15) is 24.1 Å². The zero-order valence-corrected chi connectivity index (χ0v) is 13.3. The molecule has 0 fully saturated rings. The molecule has 4 nitrogen and oxygen atoms in total. The first-order valence-electron chi connectivity index (χ1n) is 7.29. The topological polar surface area (TPSA) is 49.4 Å². The number of likely N-dealkylation sites (N-methyl/N-ethyl adjacent to an activating group) is 1. The quantitative estimate of drug-likeness (QED) is 0.884. The zero-order valence-electron chi connectivity index (χ0n) is 13.3. The average molecular weight is 314 g/mol. The number of anilines is 1. The molecule has 0 aliphatic carbocycles.